The number of hydrogen-bond acceptors (Lipinski definition) is 2. The van der Waals surface area contributed by atoms with Crippen molar-refractivity contribution >= 4 is 17.7 Å². The molecule has 21 heavy (non-hydrogen) atoms. The van der Waals surface area contributed by atoms with Crippen LogP contribution in [0.5, 0.6) is 0 Å². The summed E-state index contributed by atoms with van der Waals surface area (Å²) in [5, 5.41) is 8.99. The average Bonchev–Trinajstić information content (AvgIpc) is 2.29. The van der Waals surface area contributed by atoms with E-state index in [2.05, 4.69) is 0 Å². The molecular weight excluding hydrogens is 315 g/mol. The molecule has 0 saturated heterocycles. The van der Waals surface area contributed by atoms with Gasteiger partial charge in [0.25, 0.3) is 0 Å². The van der Waals surface area contributed by atoms with E-state index in [9.17, 15) is 26.7 Å². The molecule has 0 saturated carbocycles. The summed E-state index contributed by atoms with van der Waals surface area (Å²) in [7, 11) is 0. The van der Waals surface area contributed by atoms with E-state index in [1.165, 1.54) is 11.8 Å². The Morgan fingerprint density at radius 3 is 2.14 bits per heavy atom. The first kappa shape index (κ1) is 20.5. The summed E-state index contributed by atoms with van der Waals surface area (Å²) in [5.74, 6) is -5.18. The van der Waals surface area contributed by atoms with Gasteiger partial charge >= 0.3 is 18.1 Å². The van der Waals surface area contributed by atoms with E-state index in [0.29, 0.717) is 18.6 Å². The number of carboxylic acids is 1. The second-order valence-corrected chi connectivity index (χ2v) is 6.60. The molecule has 0 fully saturated rings. The van der Waals surface area contributed by atoms with E-state index in [1.807, 2.05) is 13.8 Å². The molecule has 0 bridgehead atoms. The lowest BCUT2D eigenvalue weighted by Crippen LogP contribution is -2.36. The molecule has 0 aromatic carbocycles. The topological polar surface area (TPSA) is 37.3 Å². The van der Waals surface area contributed by atoms with Gasteiger partial charge in [-0.2, -0.15) is 33.7 Å². The van der Waals surface area contributed by atoms with Crippen LogP contribution in [0.3, 0.4) is 0 Å². The van der Waals surface area contributed by atoms with E-state index in [4.69, 9.17) is 5.11 Å². The van der Waals surface area contributed by atoms with Gasteiger partial charge in [-0.1, -0.05) is 13.8 Å². The molecular formula is C13H21F5O2S. The first-order valence-electron chi connectivity index (χ1n) is 6.72. The van der Waals surface area contributed by atoms with Crippen LogP contribution in [0.4, 0.5) is 22.0 Å². The third-order valence-electron chi connectivity index (χ3n) is 2.91. The van der Waals surface area contributed by atoms with E-state index >= 15 is 0 Å². The van der Waals surface area contributed by atoms with Crippen molar-refractivity contribution in [3.63, 3.8) is 0 Å². The molecule has 0 aliphatic carbocycles. The molecule has 0 aliphatic rings. The van der Waals surface area contributed by atoms with Crippen LogP contribution in [0.25, 0.3) is 0 Å². The fraction of sp³-hybridized carbons (Fsp3) is 0.923. The van der Waals surface area contributed by atoms with Crippen molar-refractivity contribution in [2.24, 2.45) is 11.8 Å². The van der Waals surface area contributed by atoms with Crippen LogP contribution in [-0.4, -0.2) is 34.7 Å². The second-order valence-electron chi connectivity index (χ2n) is 5.37. The van der Waals surface area contributed by atoms with Crippen molar-refractivity contribution in [3.8, 4) is 0 Å². The van der Waals surface area contributed by atoms with Crippen molar-refractivity contribution in [3.05, 3.63) is 0 Å². The average molecular weight is 336 g/mol. The molecule has 1 unspecified atom stereocenters. The Morgan fingerprint density at radius 2 is 1.71 bits per heavy atom. The number of carbonyl (C=O) groups is 1. The fourth-order valence-electron chi connectivity index (χ4n) is 1.78. The predicted octanol–water partition coefficient (Wildman–Crippen LogP) is 4.83. The zero-order valence-corrected chi connectivity index (χ0v) is 12.9. The third-order valence-corrected chi connectivity index (χ3v) is 4.01. The van der Waals surface area contributed by atoms with Gasteiger partial charge in [-0.05, 0) is 36.7 Å². The Morgan fingerprint density at radius 1 is 1.14 bits per heavy atom. The highest BCUT2D eigenvalue weighted by Crippen LogP contribution is 2.39. The Labute approximate surface area is 125 Å². The van der Waals surface area contributed by atoms with Gasteiger partial charge in [-0.3, -0.25) is 4.79 Å². The van der Waals surface area contributed by atoms with Gasteiger partial charge in [0.2, 0.25) is 0 Å². The van der Waals surface area contributed by atoms with Crippen LogP contribution in [0.2, 0.25) is 0 Å². The van der Waals surface area contributed by atoms with E-state index in [0.717, 1.165) is 0 Å². The Hall–Kier alpha value is -0.530. The molecule has 1 N–H and O–H groups in total. The van der Waals surface area contributed by atoms with E-state index < -0.39 is 30.4 Å². The summed E-state index contributed by atoms with van der Waals surface area (Å²) in [5.41, 5.74) is 0. The van der Waals surface area contributed by atoms with Gasteiger partial charge in [-0.25, -0.2) is 0 Å². The largest absolute Gasteiger partial charge is 0.481 e. The normalized spacial score (nSPS) is 14.5. The Bertz CT molecular complexity index is 318. The minimum atomic E-state index is -5.50. The molecule has 0 spiro atoms. The summed E-state index contributed by atoms with van der Waals surface area (Å²) in [6.45, 7) is 3.81. The molecule has 1 atom stereocenters. The number of hydrogen-bond donors (Lipinski definition) is 1. The Balaban J connectivity index is 3.88. The van der Waals surface area contributed by atoms with Crippen LogP contribution in [-0.2, 0) is 4.79 Å². The van der Waals surface area contributed by atoms with Gasteiger partial charge < -0.3 is 5.11 Å². The standard InChI is InChI=1S/C13H21F5O2S/c1-9(2)8-10(11(19)20)4-7-21-6-3-5-12(14,15)13(16,17)18/h9-10H,3-8H2,1-2H3,(H,19,20). The lowest BCUT2D eigenvalue weighted by atomic mass is 9.95. The number of alkyl halides is 5. The molecule has 0 amide bonds. The van der Waals surface area contributed by atoms with Gasteiger partial charge in [0, 0.05) is 6.42 Å². The first-order valence-corrected chi connectivity index (χ1v) is 7.88. The SMILES string of the molecule is CC(C)CC(CCSCCCC(F)(F)C(F)(F)F)C(=O)O. The van der Waals surface area contributed by atoms with Gasteiger partial charge in [-0.15, -0.1) is 0 Å². The molecule has 126 valence electrons. The van der Waals surface area contributed by atoms with Crippen LogP contribution in [0.15, 0.2) is 0 Å². The smallest absolute Gasteiger partial charge is 0.453 e. The molecule has 8 heteroatoms. The monoisotopic (exact) mass is 336 g/mol. The summed E-state index contributed by atoms with van der Waals surface area (Å²) in [4.78, 5) is 11.0. The zero-order chi connectivity index (χ0) is 16.7. The zero-order valence-electron chi connectivity index (χ0n) is 12.1. The first-order chi connectivity index (χ1) is 9.47. The van der Waals surface area contributed by atoms with Crippen molar-refractivity contribution < 1.29 is 31.9 Å². The van der Waals surface area contributed by atoms with Crippen molar-refractivity contribution in [2.75, 3.05) is 11.5 Å². The summed E-state index contributed by atoms with van der Waals surface area (Å²) < 4.78 is 60.9. The summed E-state index contributed by atoms with van der Waals surface area (Å²) in [6, 6.07) is 0. The number of thioether (sulfide) groups is 1. The van der Waals surface area contributed by atoms with Crippen molar-refractivity contribution in [1.82, 2.24) is 0 Å². The highest BCUT2D eigenvalue weighted by molar-refractivity contribution is 7.99. The molecule has 0 radical (unpaired) electrons. The minimum absolute atomic E-state index is 0.166. The lowest BCUT2D eigenvalue weighted by Gasteiger charge is -2.19. The van der Waals surface area contributed by atoms with Crippen LogP contribution in [0, 0.1) is 11.8 Å². The Kier molecular flexibility index (Phi) is 8.58. The highest BCUT2D eigenvalue weighted by Gasteiger charge is 2.56. The fourth-order valence-corrected chi connectivity index (χ4v) is 2.78. The van der Waals surface area contributed by atoms with E-state index in [1.54, 1.807) is 0 Å². The number of aliphatic carboxylic acids is 1. The van der Waals surface area contributed by atoms with Gasteiger partial charge in [0.15, 0.2) is 0 Å². The van der Waals surface area contributed by atoms with Crippen LogP contribution in [0.1, 0.15) is 39.5 Å². The predicted molar refractivity (Wildman–Crippen MR) is 72.8 cm³/mol. The van der Waals surface area contributed by atoms with Crippen LogP contribution >= 0.6 is 11.8 Å². The molecule has 0 rings (SSSR count). The second kappa shape index (κ2) is 8.80. The molecule has 0 aliphatic heterocycles. The maximum Gasteiger partial charge on any atom is 0.453 e. The summed E-state index contributed by atoms with van der Waals surface area (Å²) in [6.07, 6.45) is -6.05. The third kappa shape index (κ3) is 8.48. The van der Waals surface area contributed by atoms with Crippen LogP contribution < -0.4 is 0 Å². The number of halogens is 5. The molecule has 2 nitrogen and oxygen atoms in total. The molecule has 0 aromatic rings. The van der Waals surface area contributed by atoms with Crippen molar-refractivity contribution in [2.45, 2.75) is 51.6 Å². The lowest BCUT2D eigenvalue weighted by molar-refractivity contribution is -0.284. The van der Waals surface area contributed by atoms with Gasteiger partial charge in [0.05, 0.1) is 5.92 Å². The molecule has 0 aromatic heterocycles. The number of rotatable bonds is 10. The minimum Gasteiger partial charge on any atom is -0.481 e. The molecule has 0 heterocycles. The summed E-state index contributed by atoms with van der Waals surface area (Å²) >= 11 is 1.21. The van der Waals surface area contributed by atoms with E-state index in [-0.39, 0.29) is 18.1 Å². The maximum atomic E-state index is 12.6. The number of carboxylic acid groups (broad SMARTS) is 1. The van der Waals surface area contributed by atoms with Gasteiger partial charge in [0.1, 0.15) is 0 Å². The maximum absolute atomic E-state index is 12.6. The highest BCUT2D eigenvalue weighted by atomic mass is 32.2. The van der Waals surface area contributed by atoms with Crippen molar-refractivity contribution in [1.29, 1.82) is 0 Å². The quantitative estimate of drug-likeness (QED) is 0.458.